The summed E-state index contributed by atoms with van der Waals surface area (Å²) in [7, 11) is 0. The standard InChI is InChI=1S/C12H17NO2S/c1-7(14)13-10(16)15-9-6-8-4-5-12(9,13)11(8,2)3/h8-9H,4-6H2,1-3H3/t8-,9-,12-/m1/s1. The molecule has 2 saturated carbocycles. The van der Waals surface area contributed by atoms with Crippen LogP contribution in [0.25, 0.3) is 0 Å². The fourth-order valence-electron chi connectivity index (χ4n) is 4.31. The number of thiocarbonyl (C=S) groups is 1. The molecule has 3 fully saturated rings. The predicted octanol–water partition coefficient (Wildman–Crippen LogP) is 2.10. The number of ether oxygens (including phenoxy) is 1. The maximum absolute atomic E-state index is 11.8. The van der Waals surface area contributed by atoms with E-state index in [1.54, 1.807) is 11.8 Å². The molecular weight excluding hydrogens is 222 g/mol. The third-order valence-electron chi connectivity index (χ3n) is 5.18. The molecule has 4 heteroatoms. The van der Waals surface area contributed by atoms with Gasteiger partial charge in [0.15, 0.2) is 0 Å². The molecule has 0 aromatic rings. The first-order chi connectivity index (χ1) is 7.41. The second-order valence-electron chi connectivity index (χ2n) is 5.84. The van der Waals surface area contributed by atoms with E-state index in [0.29, 0.717) is 11.1 Å². The van der Waals surface area contributed by atoms with Gasteiger partial charge >= 0.3 is 0 Å². The van der Waals surface area contributed by atoms with E-state index >= 15 is 0 Å². The maximum atomic E-state index is 11.8. The van der Waals surface area contributed by atoms with Gasteiger partial charge in [-0.2, -0.15) is 0 Å². The van der Waals surface area contributed by atoms with Gasteiger partial charge in [0.05, 0.1) is 5.54 Å². The number of hydrogen-bond donors (Lipinski definition) is 0. The molecule has 16 heavy (non-hydrogen) atoms. The van der Waals surface area contributed by atoms with Crippen molar-refractivity contribution in [2.45, 2.75) is 51.7 Å². The minimum atomic E-state index is -0.152. The summed E-state index contributed by atoms with van der Waals surface area (Å²) in [5, 5.41) is 0.394. The summed E-state index contributed by atoms with van der Waals surface area (Å²) in [5.74, 6) is 0.700. The zero-order valence-electron chi connectivity index (χ0n) is 9.95. The van der Waals surface area contributed by atoms with Crippen molar-refractivity contribution in [2.24, 2.45) is 11.3 Å². The van der Waals surface area contributed by atoms with E-state index in [2.05, 4.69) is 13.8 Å². The molecule has 0 N–H and O–H groups in total. The van der Waals surface area contributed by atoms with Crippen LogP contribution in [0.5, 0.6) is 0 Å². The summed E-state index contributed by atoms with van der Waals surface area (Å²) < 4.78 is 5.76. The molecule has 2 bridgehead atoms. The summed E-state index contributed by atoms with van der Waals surface area (Å²) in [5.41, 5.74) is -0.0233. The van der Waals surface area contributed by atoms with Crippen LogP contribution in [0.4, 0.5) is 0 Å². The Morgan fingerprint density at radius 3 is 2.81 bits per heavy atom. The second-order valence-corrected chi connectivity index (χ2v) is 6.19. The highest BCUT2D eigenvalue weighted by Crippen LogP contribution is 2.65. The van der Waals surface area contributed by atoms with Gasteiger partial charge in [0.25, 0.3) is 5.17 Å². The van der Waals surface area contributed by atoms with E-state index < -0.39 is 0 Å². The molecule has 1 spiro atoms. The topological polar surface area (TPSA) is 29.5 Å². The van der Waals surface area contributed by atoms with Crippen molar-refractivity contribution in [3.8, 4) is 0 Å². The summed E-state index contributed by atoms with van der Waals surface area (Å²) in [6.07, 6.45) is 3.42. The van der Waals surface area contributed by atoms with Crippen LogP contribution >= 0.6 is 12.2 Å². The van der Waals surface area contributed by atoms with Gasteiger partial charge in [-0.05, 0) is 42.8 Å². The highest BCUT2D eigenvalue weighted by Gasteiger charge is 2.72. The lowest BCUT2D eigenvalue weighted by Gasteiger charge is -2.41. The second kappa shape index (κ2) is 2.78. The van der Waals surface area contributed by atoms with Crippen molar-refractivity contribution in [1.29, 1.82) is 0 Å². The van der Waals surface area contributed by atoms with E-state index in [1.165, 1.54) is 6.42 Å². The van der Waals surface area contributed by atoms with Gasteiger partial charge in [-0.15, -0.1) is 0 Å². The maximum Gasteiger partial charge on any atom is 0.267 e. The summed E-state index contributed by atoms with van der Waals surface area (Å²) in [4.78, 5) is 13.6. The molecule has 1 amide bonds. The number of fused-ring (bicyclic) bond motifs is 1. The van der Waals surface area contributed by atoms with E-state index in [4.69, 9.17) is 17.0 Å². The minimum absolute atomic E-state index is 0.0307. The zero-order valence-corrected chi connectivity index (χ0v) is 10.8. The fraction of sp³-hybridized carbons (Fsp3) is 0.833. The van der Waals surface area contributed by atoms with Gasteiger partial charge in [0.1, 0.15) is 6.10 Å². The molecule has 1 saturated heterocycles. The van der Waals surface area contributed by atoms with Gasteiger partial charge in [0, 0.05) is 6.92 Å². The number of amides is 1. The Hall–Kier alpha value is -0.640. The summed E-state index contributed by atoms with van der Waals surface area (Å²) in [6.45, 7) is 6.12. The minimum Gasteiger partial charge on any atom is -0.465 e. The molecule has 1 heterocycles. The molecular formula is C12H17NO2S. The monoisotopic (exact) mass is 239 g/mol. The molecule has 0 aromatic heterocycles. The largest absolute Gasteiger partial charge is 0.465 e. The first kappa shape index (κ1) is 10.5. The molecule has 0 unspecified atom stereocenters. The number of carbonyl (C=O) groups is 1. The van der Waals surface area contributed by atoms with Gasteiger partial charge < -0.3 is 4.74 Å². The average molecular weight is 239 g/mol. The molecule has 0 radical (unpaired) electrons. The van der Waals surface area contributed by atoms with Gasteiger partial charge in [-0.25, -0.2) is 0 Å². The van der Waals surface area contributed by atoms with Crippen molar-refractivity contribution in [3.63, 3.8) is 0 Å². The molecule has 88 valence electrons. The quantitative estimate of drug-likeness (QED) is 0.606. The van der Waals surface area contributed by atoms with Crippen LogP contribution in [0.15, 0.2) is 0 Å². The molecule has 3 atom stereocenters. The van der Waals surface area contributed by atoms with Crippen molar-refractivity contribution < 1.29 is 9.53 Å². The van der Waals surface area contributed by atoms with Crippen LogP contribution in [-0.4, -0.2) is 27.6 Å². The highest BCUT2D eigenvalue weighted by molar-refractivity contribution is 7.80. The number of carbonyl (C=O) groups excluding carboxylic acids is 1. The van der Waals surface area contributed by atoms with Crippen LogP contribution < -0.4 is 0 Å². The molecule has 3 aliphatic rings. The van der Waals surface area contributed by atoms with Crippen molar-refractivity contribution >= 4 is 23.3 Å². The Labute approximate surface area is 101 Å². The van der Waals surface area contributed by atoms with E-state index in [1.807, 2.05) is 0 Å². The Kier molecular flexibility index (Phi) is 1.83. The van der Waals surface area contributed by atoms with E-state index in [9.17, 15) is 4.79 Å². The van der Waals surface area contributed by atoms with Gasteiger partial charge in [0.2, 0.25) is 5.91 Å². The van der Waals surface area contributed by atoms with Crippen molar-refractivity contribution in [1.82, 2.24) is 4.90 Å². The third-order valence-corrected chi connectivity index (χ3v) is 5.46. The highest BCUT2D eigenvalue weighted by atomic mass is 32.1. The zero-order chi connectivity index (χ0) is 11.7. The normalized spacial score (nSPS) is 43.4. The number of hydrogen-bond acceptors (Lipinski definition) is 3. The number of nitrogens with zero attached hydrogens (tertiary/aromatic N) is 1. The lowest BCUT2D eigenvalue weighted by molar-refractivity contribution is -0.131. The predicted molar refractivity (Wildman–Crippen MR) is 63.8 cm³/mol. The molecule has 3 nitrogen and oxygen atoms in total. The fourth-order valence-corrected chi connectivity index (χ4v) is 4.72. The lowest BCUT2D eigenvalue weighted by Crippen LogP contribution is -2.56. The van der Waals surface area contributed by atoms with E-state index in [0.717, 1.165) is 12.8 Å². The van der Waals surface area contributed by atoms with Crippen LogP contribution in [0.2, 0.25) is 0 Å². The Bertz CT molecular complexity index is 392. The van der Waals surface area contributed by atoms with Crippen LogP contribution in [0, 0.1) is 11.3 Å². The Balaban J connectivity index is 2.15. The average Bonchev–Trinajstić information content (AvgIpc) is 2.67. The van der Waals surface area contributed by atoms with Crippen LogP contribution in [0.1, 0.15) is 40.0 Å². The molecule has 3 rings (SSSR count). The van der Waals surface area contributed by atoms with Crippen molar-refractivity contribution in [2.75, 3.05) is 0 Å². The number of rotatable bonds is 0. The molecule has 1 aliphatic heterocycles. The van der Waals surface area contributed by atoms with Gasteiger partial charge in [-0.3, -0.25) is 9.69 Å². The van der Waals surface area contributed by atoms with Crippen LogP contribution in [-0.2, 0) is 9.53 Å². The van der Waals surface area contributed by atoms with E-state index in [-0.39, 0.29) is 23.0 Å². The summed E-state index contributed by atoms with van der Waals surface area (Å²) >= 11 is 5.21. The SMILES string of the molecule is CC(=O)N1C(=S)O[C@@H]2C[C@H]3CC[C@]21C3(C)C. The van der Waals surface area contributed by atoms with Gasteiger partial charge in [-0.1, -0.05) is 13.8 Å². The smallest absolute Gasteiger partial charge is 0.267 e. The third kappa shape index (κ3) is 0.873. The molecule has 0 aromatic carbocycles. The Morgan fingerprint density at radius 1 is 1.56 bits per heavy atom. The summed E-state index contributed by atoms with van der Waals surface area (Å²) in [6, 6.07) is 0. The van der Waals surface area contributed by atoms with Crippen LogP contribution in [0.3, 0.4) is 0 Å². The molecule has 2 aliphatic carbocycles. The Morgan fingerprint density at radius 2 is 2.25 bits per heavy atom. The van der Waals surface area contributed by atoms with Crippen molar-refractivity contribution in [3.05, 3.63) is 0 Å². The first-order valence-corrected chi connectivity index (χ1v) is 6.33. The lowest BCUT2D eigenvalue weighted by atomic mass is 9.74. The first-order valence-electron chi connectivity index (χ1n) is 5.92.